The van der Waals surface area contributed by atoms with Crippen LogP contribution in [0.15, 0.2) is 89.8 Å². The van der Waals surface area contributed by atoms with Crippen molar-refractivity contribution in [3.8, 4) is 0 Å². The number of carbonyl (C=O) groups is 1. The SMILES string of the molecule is C[NH+](C)C[C@@H](NC(=O)c1ccc(S(=O)(=O)Nc2ccccc2)cc1)c1ccccc1. The average molecular weight is 425 g/mol. The van der Waals surface area contributed by atoms with Gasteiger partial charge in [0.05, 0.1) is 19.0 Å². The first-order valence-electron chi connectivity index (χ1n) is 9.68. The molecule has 0 aromatic heterocycles. The van der Waals surface area contributed by atoms with Crippen LogP contribution in [0.25, 0.3) is 0 Å². The fourth-order valence-electron chi connectivity index (χ4n) is 3.09. The first-order valence-corrected chi connectivity index (χ1v) is 11.2. The Hall–Kier alpha value is -3.16. The van der Waals surface area contributed by atoms with Gasteiger partial charge in [0.25, 0.3) is 15.9 Å². The highest BCUT2D eigenvalue weighted by molar-refractivity contribution is 7.92. The number of nitrogens with one attached hydrogen (secondary N) is 3. The van der Waals surface area contributed by atoms with Crippen molar-refractivity contribution in [3.63, 3.8) is 0 Å². The summed E-state index contributed by atoms with van der Waals surface area (Å²) < 4.78 is 27.6. The lowest BCUT2D eigenvalue weighted by Crippen LogP contribution is -3.06. The van der Waals surface area contributed by atoms with Gasteiger partial charge in [-0.3, -0.25) is 9.52 Å². The molecule has 0 radical (unpaired) electrons. The van der Waals surface area contributed by atoms with Crippen LogP contribution in [-0.4, -0.2) is 35.0 Å². The van der Waals surface area contributed by atoms with E-state index in [1.165, 1.54) is 29.2 Å². The maximum Gasteiger partial charge on any atom is 0.261 e. The van der Waals surface area contributed by atoms with E-state index in [4.69, 9.17) is 0 Å². The lowest BCUT2D eigenvalue weighted by molar-refractivity contribution is -0.860. The Morgan fingerprint density at radius 3 is 2.00 bits per heavy atom. The molecular formula is C23H26N3O3S+. The molecule has 3 N–H and O–H groups in total. The minimum atomic E-state index is -3.72. The van der Waals surface area contributed by atoms with Crippen LogP contribution in [-0.2, 0) is 10.0 Å². The lowest BCUT2D eigenvalue weighted by Gasteiger charge is -2.21. The third-order valence-corrected chi connectivity index (χ3v) is 5.97. The zero-order chi connectivity index (χ0) is 21.6. The van der Waals surface area contributed by atoms with Gasteiger partial charge in [0.2, 0.25) is 0 Å². The molecule has 0 saturated carbocycles. The van der Waals surface area contributed by atoms with E-state index in [1.54, 1.807) is 24.3 Å². The Kier molecular flexibility index (Phi) is 6.87. The summed E-state index contributed by atoms with van der Waals surface area (Å²) in [5, 5.41) is 3.05. The molecule has 0 bridgehead atoms. The summed E-state index contributed by atoms with van der Waals surface area (Å²) in [4.78, 5) is 14.1. The van der Waals surface area contributed by atoms with Crippen LogP contribution in [0.2, 0.25) is 0 Å². The number of sulfonamides is 1. The second kappa shape index (κ2) is 9.56. The van der Waals surface area contributed by atoms with Gasteiger partial charge < -0.3 is 10.2 Å². The van der Waals surface area contributed by atoms with Crippen LogP contribution in [0.4, 0.5) is 5.69 Å². The Labute approximate surface area is 177 Å². The predicted molar refractivity (Wildman–Crippen MR) is 118 cm³/mol. The molecule has 1 atom stereocenters. The van der Waals surface area contributed by atoms with E-state index in [0.29, 0.717) is 11.3 Å². The van der Waals surface area contributed by atoms with Gasteiger partial charge in [0, 0.05) is 11.3 Å². The van der Waals surface area contributed by atoms with Crippen LogP contribution >= 0.6 is 0 Å². The molecule has 156 valence electrons. The molecule has 0 saturated heterocycles. The molecule has 7 heteroatoms. The van der Waals surface area contributed by atoms with Gasteiger partial charge in [0.15, 0.2) is 0 Å². The first kappa shape index (κ1) is 21.5. The molecule has 0 heterocycles. The summed E-state index contributed by atoms with van der Waals surface area (Å²) in [6.07, 6.45) is 0. The number of para-hydroxylation sites is 1. The number of quaternary nitrogens is 1. The van der Waals surface area contributed by atoms with E-state index >= 15 is 0 Å². The zero-order valence-electron chi connectivity index (χ0n) is 17.0. The molecule has 0 aliphatic heterocycles. The van der Waals surface area contributed by atoms with Crippen LogP contribution < -0.4 is 14.9 Å². The van der Waals surface area contributed by atoms with E-state index in [-0.39, 0.29) is 16.8 Å². The average Bonchev–Trinajstić information content (AvgIpc) is 2.74. The number of hydrogen-bond donors (Lipinski definition) is 3. The molecule has 3 aromatic rings. The van der Waals surface area contributed by atoms with Gasteiger partial charge in [-0.15, -0.1) is 0 Å². The number of benzene rings is 3. The summed E-state index contributed by atoms with van der Waals surface area (Å²) >= 11 is 0. The van der Waals surface area contributed by atoms with Crippen molar-refractivity contribution in [1.82, 2.24) is 5.32 Å². The Morgan fingerprint density at radius 1 is 0.867 bits per heavy atom. The second-order valence-electron chi connectivity index (χ2n) is 7.34. The van der Waals surface area contributed by atoms with Gasteiger partial charge in [-0.05, 0) is 42.0 Å². The van der Waals surface area contributed by atoms with Gasteiger partial charge in [0.1, 0.15) is 12.6 Å². The first-order chi connectivity index (χ1) is 14.3. The van der Waals surface area contributed by atoms with Crippen LogP contribution in [0.1, 0.15) is 22.0 Å². The topological polar surface area (TPSA) is 79.7 Å². The highest BCUT2D eigenvalue weighted by Gasteiger charge is 2.20. The van der Waals surface area contributed by atoms with Crippen molar-refractivity contribution >= 4 is 21.6 Å². The fraction of sp³-hybridized carbons (Fsp3) is 0.174. The van der Waals surface area contributed by atoms with E-state index in [9.17, 15) is 13.2 Å². The molecule has 0 spiro atoms. The van der Waals surface area contributed by atoms with Crippen molar-refractivity contribution in [1.29, 1.82) is 0 Å². The van der Waals surface area contributed by atoms with Gasteiger partial charge in [-0.2, -0.15) is 0 Å². The third-order valence-electron chi connectivity index (χ3n) is 4.57. The van der Waals surface area contributed by atoms with Gasteiger partial charge in [-0.1, -0.05) is 48.5 Å². The number of carbonyl (C=O) groups excluding carboxylic acids is 1. The van der Waals surface area contributed by atoms with Crippen LogP contribution in [0, 0.1) is 0 Å². The molecule has 0 fully saturated rings. The minimum absolute atomic E-state index is 0.0975. The highest BCUT2D eigenvalue weighted by Crippen LogP contribution is 2.17. The third kappa shape index (κ3) is 5.68. The standard InChI is InChI=1S/C23H25N3O3S/c1-26(2)17-22(18-9-5-3-6-10-18)24-23(27)19-13-15-21(16-14-19)30(28,29)25-20-11-7-4-8-12-20/h3-16,22,25H,17H2,1-2H3,(H,24,27)/p+1/t22-/m1/s1. The number of anilines is 1. The predicted octanol–water partition coefficient (Wildman–Crippen LogP) is 2.10. The molecule has 3 aromatic carbocycles. The molecule has 1 amide bonds. The maximum atomic E-state index is 12.8. The molecule has 0 unspecified atom stereocenters. The Balaban J connectivity index is 1.74. The zero-order valence-corrected chi connectivity index (χ0v) is 17.8. The molecule has 6 nitrogen and oxygen atoms in total. The number of hydrogen-bond acceptors (Lipinski definition) is 3. The maximum absolute atomic E-state index is 12.8. The molecule has 0 aliphatic carbocycles. The monoisotopic (exact) mass is 424 g/mol. The van der Waals surface area contributed by atoms with Crippen LogP contribution in [0.3, 0.4) is 0 Å². The van der Waals surface area contributed by atoms with Gasteiger partial charge >= 0.3 is 0 Å². The Bertz CT molecular complexity index is 1070. The molecular weight excluding hydrogens is 398 g/mol. The van der Waals surface area contributed by atoms with Crippen molar-refractivity contribution in [2.75, 3.05) is 25.4 Å². The van der Waals surface area contributed by atoms with Crippen molar-refractivity contribution in [2.24, 2.45) is 0 Å². The van der Waals surface area contributed by atoms with Gasteiger partial charge in [-0.25, -0.2) is 8.42 Å². The largest absolute Gasteiger partial charge is 0.340 e. The van der Waals surface area contributed by atoms with Crippen molar-refractivity contribution in [2.45, 2.75) is 10.9 Å². The van der Waals surface area contributed by atoms with E-state index in [2.05, 4.69) is 10.0 Å². The smallest absolute Gasteiger partial charge is 0.261 e. The van der Waals surface area contributed by atoms with Crippen molar-refractivity contribution in [3.05, 3.63) is 96.1 Å². The summed E-state index contributed by atoms with van der Waals surface area (Å²) in [5.41, 5.74) is 1.91. The number of rotatable bonds is 8. The molecule has 0 aliphatic rings. The normalized spacial score (nSPS) is 12.4. The number of likely N-dealkylation sites (N-methyl/N-ethyl adjacent to an activating group) is 1. The molecule has 3 rings (SSSR count). The summed E-state index contributed by atoms with van der Waals surface area (Å²) in [5.74, 6) is -0.245. The van der Waals surface area contributed by atoms with E-state index in [0.717, 1.165) is 12.1 Å². The minimum Gasteiger partial charge on any atom is -0.340 e. The van der Waals surface area contributed by atoms with Crippen molar-refractivity contribution < 1.29 is 18.1 Å². The lowest BCUT2D eigenvalue weighted by atomic mass is 10.1. The van der Waals surface area contributed by atoms with Crippen LogP contribution in [0.5, 0.6) is 0 Å². The Morgan fingerprint density at radius 2 is 1.43 bits per heavy atom. The quantitative estimate of drug-likeness (QED) is 0.518. The summed E-state index contributed by atoms with van der Waals surface area (Å²) in [6, 6.07) is 24.3. The second-order valence-corrected chi connectivity index (χ2v) is 9.03. The van der Waals surface area contributed by atoms with E-state index < -0.39 is 10.0 Å². The number of amides is 1. The highest BCUT2D eigenvalue weighted by atomic mass is 32.2. The summed E-state index contributed by atoms with van der Waals surface area (Å²) in [7, 11) is 0.336. The van der Waals surface area contributed by atoms with E-state index in [1.807, 2.05) is 50.5 Å². The summed E-state index contributed by atoms with van der Waals surface area (Å²) in [6.45, 7) is 0.725. The fourth-order valence-corrected chi connectivity index (χ4v) is 4.15. The molecule has 30 heavy (non-hydrogen) atoms.